The number of rotatable bonds is 4. The monoisotopic (exact) mass is 359 g/mol. The molecule has 2 aromatic carbocycles. The Kier molecular flexibility index (Phi) is 5.43. The maximum atomic E-state index is 12.2. The Morgan fingerprint density at radius 2 is 1.69 bits per heavy atom. The SMILES string of the molecule is N#CC(=Cc1ccccn1)c1ccc(NC(=O)c2ccc(Cl)cc2)cc1. The van der Waals surface area contributed by atoms with Crippen molar-refractivity contribution in [2.75, 3.05) is 5.32 Å². The number of hydrogen-bond acceptors (Lipinski definition) is 3. The van der Waals surface area contributed by atoms with Crippen molar-refractivity contribution in [3.05, 3.63) is 94.8 Å². The number of amides is 1. The number of carbonyl (C=O) groups is 1. The lowest BCUT2D eigenvalue weighted by molar-refractivity contribution is 0.102. The summed E-state index contributed by atoms with van der Waals surface area (Å²) in [6, 6.07) is 21.4. The van der Waals surface area contributed by atoms with Crippen LogP contribution >= 0.6 is 11.6 Å². The highest BCUT2D eigenvalue weighted by Gasteiger charge is 2.07. The van der Waals surface area contributed by atoms with Gasteiger partial charge in [-0.1, -0.05) is 29.8 Å². The first kappa shape index (κ1) is 17.4. The minimum Gasteiger partial charge on any atom is -0.322 e. The number of anilines is 1. The summed E-state index contributed by atoms with van der Waals surface area (Å²) in [5, 5.41) is 12.8. The van der Waals surface area contributed by atoms with Crippen LogP contribution in [0.15, 0.2) is 72.9 Å². The minimum atomic E-state index is -0.223. The van der Waals surface area contributed by atoms with Crippen molar-refractivity contribution in [2.24, 2.45) is 0 Å². The van der Waals surface area contributed by atoms with Crippen LogP contribution in [0.25, 0.3) is 11.6 Å². The third-order valence-corrected chi connectivity index (χ3v) is 3.91. The Labute approximate surface area is 156 Å². The topological polar surface area (TPSA) is 65.8 Å². The number of aromatic nitrogens is 1. The number of nitrogens with one attached hydrogen (secondary N) is 1. The molecule has 1 aromatic heterocycles. The van der Waals surface area contributed by atoms with Gasteiger partial charge in [-0.15, -0.1) is 0 Å². The van der Waals surface area contributed by atoms with E-state index in [2.05, 4.69) is 16.4 Å². The summed E-state index contributed by atoms with van der Waals surface area (Å²) >= 11 is 5.83. The van der Waals surface area contributed by atoms with E-state index >= 15 is 0 Å². The number of carbonyl (C=O) groups excluding carboxylic acids is 1. The fourth-order valence-electron chi connectivity index (χ4n) is 2.33. The summed E-state index contributed by atoms with van der Waals surface area (Å²) in [7, 11) is 0. The van der Waals surface area contributed by atoms with Gasteiger partial charge in [0.05, 0.1) is 17.3 Å². The normalized spacial score (nSPS) is 10.8. The fraction of sp³-hybridized carbons (Fsp3) is 0. The van der Waals surface area contributed by atoms with Gasteiger partial charge in [0.25, 0.3) is 5.91 Å². The van der Waals surface area contributed by atoms with Gasteiger partial charge >= 0.3 is 0 Å². The average Bonchev–Trinajstić information content (AvgIpc) is 2.68. The van der Waals surface area contributed by atoms with Crippen LogP contribution in [0.4, 0.5) is 5.69 Å². The Balaban J connectivity index is 1.75. The number of hydrogen-bond donors (Lipinski definition) is 1. The maximum Gasteiger partial charge on any atom is 0.255 e. The first-order valence-corrected chi connectivity index (χ1v) is 8.24. The van der Waals surface area contributed by atoms with Crippen LogP contribution in [0.5, 0.6) is 0 Å². The smallest absolute Gasteiger partial charge is 0.255 e. The first-order valence-electron chi connectivity index (χ1n) is 7.86. The van der Waals surface area contributed by atoms with E-state index in [-0.39, 0.29) is 5.91 Å². The third kappa shape index (κ3) is 4.35. The molecule has 0 fully saturated rings. The van der Waals surface area contributed by atoms with Crippen molar-refractivity contribution >= 4 is 34.8 Å². The van der Waals surface area contributed by atoms with Crippen molar-refractivity contribution in [1.29, 1.82) is 5.26 Å². The standard InChI is InChI=1S/C21H14ClN3O/c22-18-8-4-16(5-9-18)21(26)25-19-10-6-15(7-11-19)17(14-23)13-20-3-1-2-12-24-20/h1-13H,(H,25,26). The lowest BCUT2D eigenvalue weighted by Crippen LogP contribution is -2.11. The summed E-state index contributed by atoms with van der Waals surface area (Å²) in [5.74, 6) is -0.223. The van der Waals surface area contributed by atoms with Gasteiger partial charge in [0, 0.05) is 22.5 Å². The van der Waals surface area contributed by atoms with Crippen LogP contribution < -0.4 is 5.32 Å². The molecule has 1 amide bonds. The molecular formula is C21H14ClN3O. The summed E-state index contributed by atoms with van der Waals surface area (Å²) in [4.78, 5) is 16.4. The lowest BCUT2D eigenvalue weighted by atomic mass is 10.1. The molecule has 1 N–H and O–H groups in total. The Hall–Kier alpha value is -3.42. The molecule has 5 heteroatoms. The second kappa shape index (κ2) is 8.11. The van der Waals surface area contributed by atoms with E-state index in [0.717, 1.165) is 5.56 Å². The van der Waals surface area contributed by atoms with Gasteiger partial charge in [-0.25, -0.2) is 0 Å². The van der Waals surface area contributed by atoms with Gasteiger partial charge in [0.2, 0.25) is 0 Å². The quantitative estimate of drug-likeness (QED) is 0.663. The van der Waals surface area contributed by atoms with E-state index in [1.165, 1.54) is 0 Å². The van der Waals surface area contributed by atoms with Gasteiger partial charge in [-0.05, 0) is 60.2 Å². The number of nitrogens with zero attached hydrogens (tertiary/aromatic N) is 2. The van der Waals surface area contributed by atoms with Crippen LogP contribution in [0, 0.1) is 11.3 Å². The number of halogens is 1. The zero-order valence-electron chi connectivity index (χ0n) is 13.7. The van der Waals surface area contributed by atoms with E-state index in [9.17, 15) is 10.1 Å². The molecular weight excluding hydrogens is 346 g/mol. The van der Waals surface area contributed by atoms with E-state index in [0.29, 0.717) is 27.5 Å². The van der Waals surface area contributed by atoms with Gasteiger partial charge in [-0.3, -0.25) is 9.78 Å². The van der Waals surface area contributed by atoms with Crippen LogP contribution in [0.1, 0.15) is 21.6 Å². The molecule has 126 valence electrons. The summed E-state index contributed by atoms with van der Waals surface area (Å²) in [6.45, 7) is 0. The molecule has 0 saturated carbocycles. The highest BCUT2D eigenvalue weighted by molar-refractivity contribution is 6.30. The maximum absolute atomic E-state index is 12.2. The van der Waals surface area contributed by atoms with E-state index in [1.54, 1.807) is 60.8 Å². The molecule has 0 radical (unpaired) electrons. The number of pyridine rings is 1. The molecule has 0 saturated heterocycles. The van der Waals surface area contributed by atoms with Crippen LogP contribution in [-0.4, -0.2) is 10.9 Å². The Morgan fingerprint density at radius 1 is 1.00 bits per heavy atom. The van der Waals surface area contributed by atoms with E-state index < -0.39 is 0 Å². The van der Waals surface area contributed by atoms with E-state index in [4.69, 9.17) is 11.6 Å². The van der Waals surface area contributed by atoms with Gasteiger partial charge in [0.1, 0.15) is 0 Å². The molecule has 1 heterocycles. The average molecular weight is 360 g/mol. The second-order valence-corrected chi connectivity index (χ2v) is 5.90. The molecule has 3 rings (SSSR count). The molecule has 0 bridgehead atoms. The van der Waals surface area contributed by atoms with Gasteiger partial charge in [-0.2, -0.15) is 5.26 Å². The third-order valence-electron chi connectivity index (χ3n) is 3.66. The lowest BCUT2D eigenvalue weighted by Gasteiger charge is -2.07. The van der Waals surface area contributed by atoms with Crippen molar-refractivity contribution in [3.63, 3.8) is 0 Å². The zero-order valence-corrected chi connectivity index (χ0v) is 14.4. The summed E-state index contributed by atoms with van der Waals surface area (Å²) in [6.07, 6.45) is 3.40. The molecule has 4 nitrogen and oxygen atoms in total. The van der Waals surface area contributed by atoms with E-state index in [1.807, 2.05) is 18.2 Å². The molecule has 0 atom stereocenters. The van der Waals surface area contributed by atoms with Crippen molar-refractivity contribution in [2.45, 2.75) is 0 Å². The van der Waals surface area contributed by atoms with Gasteiger partial charge in [0.15, 0.2) is 0 Å². The highest BCUT2D eigenvalue weighted by atomic mass is 35.5. The van der Waals surface area contributed by atoms with Crippen molar-refractivity contribution < 1.29 is 4.79 Å². The summed E-state index contributed by atoms with van der Waals surface area (Å²) in [5.41, 5.74) is 3.13. The minimum absolute atomic E-state index is 0.223. The number of nitriles is 1. The molecule has 0 aliphatic heterocycles. The molecule has 3 aromatic rings. The molecule has 26 heavy (non-hydrogen) atoms. The Bertz CT molecular complexity index is 973. The number of allylic oxidation sites excluding steroid dienone is 1. The molecule has 0 aliphatic rings. The number of benzene rings is 2. The van der Waals surface area contributed by atoms with Crippen LogP contribution in [-0.2, 0) is 0 Å². The Morgan fingerprint density at radius 3 is 2.31 bits per heavy atom. The second-order valence-electron chi connectivity index (χ2n) is 5.46. The zero-order chi connectivity index (χ0) is 18.4. The van der Waals surface area contributed by atoms with Gasteiger partial charge < -0.3 is 5.32 Å². The summed E-state index contributed by atoms with van der Waals surface area (Å²) < 4.78 is 0. The molecule has 0 aliphatic carbocycles. The van der Waals surface area contributed by atoms with Crippen LogP contribution in [0.3, 0.4) is 0 Å². The van der Waals surface area contributed by atoms with Crippen molar-refractivity contribution in [3.8, 4) is 6.07 Å². The first-order chi connectivity index (χ1) is 12.7. The van der Waals surface area contributed by atoms with Crippen LogP contribution in [0.2, 0.25) is 5.02 Å². The fourth-order valence-corrected chi connectivity index (χ4v) is 2.45. The van der Waals surface area contributed by atoms with Crippen molar-refractivity contribution in [1.82, 2.24) is 4.98 Å². The molecule has 0 unspecified atom stereocenters. The largest absolute Gasteiger partial charge is 0.322 e. The predicted octanol–water partition coefficient (Wildman–Crippen LogP) is 5.05. The predicted molar refractivity (Wildman–Crippen MR) is 104 cm³/mol. The highest BCUT2D eigenvalue weighted by Crippen LogP contribution is 2.20. The molecule has 0 spiro atoms.